The molecule has 0 aromatic carbocycles. The number of carbonyl (C=O) groups is 3. The molecule has 0 saturated carbocycles. The molecule has 6 heteroatoms. The number of amides is 1. The van der Waals surface area contributed by atoms with Crippen LogP contribution in [0.3, 0.4) is 0 Å². The highest BCUT2D eigenvalue weighted by Gasteiger charge is 2.31. The summed E-state index contributed by atoms with van der Waals surface area (Å²) in [6.45, 7) is 0.336. The maximum absolute atomic E-state index is 11.6. The Morgan fingerprint density at radius 1 is 1.25 bits per heavy atom. The molecule has 6 nitrogen and oxygen atoms in total. The molecule has 0 spiro atoms. The standard InChI is InChI=1S/C10H15NO5/c12-8-4-2-1-3-5-11(8)7(10(15)16)6-9(13)14/h7H,1-6H2,(H,13,14)(H,15,16). The molecule has 1 rings (SSSR count). The van der Waals surface area contributed by atoms with E-state index >= 15 is 0 Å². The molecular weight excluding hydrogens is 214 g/mol. The lowest BCUT2D eigenvalue weighted by molar-refractivity contribution is -0.154. The van der Waals surface area contributed by atoms with Crippen LogP contribution >= 0.6 is 0 Å². The van der Waals surface area contributed by atoms with Crippen molar-refractivity contribution in [1.82, 2.24) is 4.90 Å². The maximum Gasteiger partial charge on any atom is 0.327 e. The van der Waals surface area contributed by atoms with Crippen LogP contribution in [0.4, 0.5) is 0 Å². The Morgan fingerprint density at radius 3 is 2.50 bits per heavy atom. The smallest absolute Gasteiger partial charge is 0.327 e. The van der Waals surface area contributed by atoms with Gasteiger partial charge in [0.15, 0.2) is 0 Å². The lowest BCUT2D eigenvalue weighted by Gasteiger charge is -2.26. The third kappa shape index (κ3) is 3.22. The van der Waals surface area contributed by atoms with Gasteiger partial charge in [-0.15, -0.1) is 0 Å². The molecule has 0 aromatic rings. The lowest BCUT2D eigenvalue weighted by Crippen LogP contribution is -2.46. The molecule has 1 saturated heterocycles. The fourth-order valence-corrected chi connectivity index (χ4v) is 1.83. The van der Waals surface area contributed by atoms with E-state index in [0.29, 0.717) is 13.0 Å². The van der Waals surface area contributed by atoms with E-state index in [9.17, 15) is 14.4 Å². The van der Waals surface area contributed by atoms with E-state index in [1.807, 2.05) is 0 Å². The summed E-state index contributed by atoms with van der Waals surface area (Å²) in [5.74, 6) is -2.71. The Morgan fingerprint density at radius 2 is 1.94 bits per heavy atom. The molecule has 1 amide bonds. The average Bonchev–Trinajstić information content (AvgIpc) is 2.39. The normalized spacial score (nSPS) is 19.0. The molecule has 1 aliphatic heterocycles. The second kappa shape index (κ2) is 5.48. The van der Waals surface area contributed by atoms with Gasteiger partial charge in [-0.25, -0.2) is 4.79 Å². The Kier molecular flexibility index (Phi) is 4.28. The van der Waals surface area contributed by atoms with Gasteiger partial charge in [-0.2, -0.15) is 0 Å². The van der Waals surface area contributed by atoms with Crippen molar-refractivity contribution in [1.29, 1.82) is 0 Å². The summed E-state index contributed by atoms with van der Waals surface area (Å²) in [7, 11) is 0. The van der Waals surface area contributed by atoms with Gasteiger partial charge in [-0.3, -0.25) is 9.59 Å². The van der Waals surface area contributed by atoms with Crippen molar-refractivity contribution in [3.05, 3.63) is 0 Å². The zero-order valence-corrected chi connectivity index (χ0v) is 8.89. The van der Waals surface area contributed by atoms with Crippen molar-refractivity contribution < 1.29 is 24.6 Å². The zero-order valence-electron chi connectivity index (χ0n) is 8.89. The van der Waals surface area contributed by atoms with E-state index < -0.39 is 24.4 Å². The molecular formula is C10H15NO5. The Bertz CT molecular complexity index is 302. The highest BCUT2D eigenvalue weighted by atomic mass is 16.4. The lowest BCUT2D eigenvalue weighted by atomic mass is 10.1. The van der Waals surface area contributed by atoms with E-state index in [1.54, 1.807) is 0 Å². The molecule has 1 fully saturated rings. The first-order chi connectivity index (χ1) is 7.52. The van der Waals surface area contributed by atoms with Gasteiger partial charge in [-0.1, -0.05) is 6.42 Å². The molecule has 0 radical (unpaired) electrons. The summed E-state index contributed by atoms with van der Waals surface area (Å²) in [6, 6.07) is -1.23. The summed E-state index contributed by atoms with van der Waals surface area (Å²) >= 11 is 0. The molecule has 0 bridgehead atoms. The molecule has 1 unspecified atom stereocenters. The van der Waals surface area contributed by atoms with Crippen molar-refractivity contribution in [3.8, 4) is 0 Å². The van der Waals surface area contributed by atoms with Gasteiger partial charge < -0.3 is 15.1 Å². The number of likely N-dealkylation sites (tertiary alicyclic amines) is 1. The minimum absolute atomic E-state index is 0.258. The number of hydrogen-bond acceptors (Lipinski definition) is 3. The molecule has 1 heterocycles. The summed E-state index contributed by atoms with van der Waals surface area (Å²) in [6.07, 6.45) is 2.12. The number of carboxylic acids is 2. The van der Waals surface area contributed by atoms with Crippen LogP contribution < -0.4 is 0 Å². The number of aliphatic carboxylic acids is 2. The van der Waals surface area contributed by atoms with E-state index in [1.165, 1.54) is 4.90 Å². The van der Waals surface area contributed by atoms with E-state index in [-0.39, 0.29) is 5.91 Å². The second-order valence-electron chi connectivity index (χ2n) is 3.85. The van der Waals surface area contributed by atoms with Crippen LogP contribution in [0.5, 0.6) is 0 Å². The predicted molar refractivity (Wildman–Crippen MR) is 53.9 cm³/mol. The van der Waals surface area contributed by atoms with Crippen molar-refractivity contribution >= 4 is 17.8 Å². The number of carbonyl (C=O) groups excluding carboxylic acids is 1. The van der Waals surface area contributed by atoms with Gasteiger partial charge >= 0.3 is 11.9 Å². The van der Waals surface area contributed by atoms with Gasteiger partial charge in [0.05, 0.1) is 6.42 Å². The second-order valence-corrected chi connectivity index (χ2v) is 3.85. The van der Waals surface area contributed by atoms with Crippen LogP contribution in [0.15, 0.2) is 0 Å². The van der Waals surface area contributed by atoms with E-state index in [0.717, 1.165) is 19.3 Å². The minimum atomic E-state index is -1.25. The molecule has 1 atom stereocenters. The number of hydrogen-bond donors (Lipinski definition) is 2. The first kappa shape index (κ1) is 12.5. The minimum Gasteiger partial charge on any atom is -0.481 e. The molecule has 0 aromatic heterocycles. The summed E-state index contributed by atoms with van der Waals surface area (Å²) in [5.41, 5.74) is 0. The van der Waals surface area contributed by atoms with Crippen molar-refractivity contribution in [3.63, 3.8) is 0 Å². The summed E-state index contributed by atoms with van der Waals surface area (Å²) < 4.78 is 0. The first-order valence-corrected chi connectivity index (χ1v) is 5.26. The number of carboxylic acid groups (broad SMARTS) is 2. The van der Waals surface area contributed by atoms with Crippen LogP contribution in [0, 0.1) is 0 Å². The third-order valence-electron chi connectivity index (χ3n) is 2.64. The fourth-order valence-electron chi connectivity index (χ4n) is 1.83. The number of nitrogens with zero attached hydrogens (tertiary/aromatic N) is 1. The Hall–Kier alpha value is -1.59. The van der Waals surface area contributed by atoms with Crippen LogP contribution in [-0.4, -0.2) is 45.5 Å². The van der Waals surface area contributed by atoms with E-state index in [4.69, 9.17) is 10.2 Å². The molecule has 0 aliphatic carbocycles. The SMILES string of the molecule is O=C(O)CC(C(=O)O)N1CCCCCC1=O. The highest BCUT2D eigenvalue weighted by molar-refractivity contribution is 5.87. The van der Waals surface area contributed by atoms with Crippen molar-refractivity contribution in [2.45, 2.75) is 38.1 Å². The average molecular weight is 229 g/mol. The first-order valence-electron chi connectivity index (χ1n) is 5.26. The maximum atomic E-state index is 11.6. The van der Waals surface area contributed by atoms with Gasteiger partial charge in [0, 0.05) is 13.0 Å². The fraction of sp³-hybridized carbons (Fsp3) is 0.700. The van der Waals surface area contributed by atoms with Gasteiger partial charge in [0.25, 0.3) is 0 Å². The monoisotopic (exact) mass is 229 g/mol. The third-order valence-corrected chi connectivity index (χ3v) is 2.64. The van der Waals surface area contributed by atoms with Gasteiger partial charge in [0.1, 0.15) is 6.04 Å². The molecule has 1 aliphatic rings. The zero-order chi connectivity index (χ0) is 12.1. The van der Waals surface area contributed by atoms with Crippen LogP contribution in [0.25, 0.3) is 0 Å². The van der Waals surface area contributed by atoms with Crippen molar-refractivity contribution in [2.75, 3.05) is 6.54 Å². The molecule has 2 N–H and O–H groups in total. The van der Waals surface area contributed by atoms with Gasteiger partial charge in [0.2, 0.25) is 5.91 Å². The van der Waals surface area contributed by atoms with Gasteiger partial charge in [-0.05, 0) is 12.8 Å². The Balaban J connectivity index is 2.78. The predicted octanol–water partition coefficient (Wildman–Crippen LogP) is 0.317. The van der Waals surface area contributed by atoms with Crippen molar-refractivity contribution in [2.24, 2.45) is 0 Å². The molecule has 90 valence electrons. The summed E-state index contributed by atoms with van der Waals surface area (Å²) in [5, 5.41) is 17.5. The summed E-state index contributed by atoms with van der Waals surface area (Å²) in [4.78, 5) is 34.3. The Labute approximate surface area is 92.9 Å². The van der Waals surface area contributed by atoms with E-state index in [2.05, 4.69) is 0 Å². The quantitative estimate of drug-likeness (QED) is 0.723. The van der Waals surface area contributed by atoms with Crippen LogP contribution in [0.1, 0.15) is 32.1 Å². The largest absolute Gasteiger partial charge is 0.481 e. The highest BCUT2D eigenvalue weighted by Crippen LogP contribution is 2.16. The molecule has 16 heavy (non-hydrogen) atoms. The van der Waals surface area contributed by atoms with Crippen LogP contribution in [0.2, 0.25) is 0 Å². The van der Waals surface area contributed by atoms with Crippen LogP contribution in [-0.2, 0) is 14.4 Å². The number of rotatable bonds is 4. The topological polar surface area (TPSA) is 94.9 Å².